The van der Waals surface area contributed by atoms with Crippen LogP contribution in [0.4, 0.5) is 0 Å². The molecule has 5 heteroatoms. The van der Waals surface area contributed by atoms with E-state index in [-0.39, 0.29) is 5.91 Å². The SMILES string of the molecule is Cc1cc(-c2ccc(C(=O)N(C)Cc3ncc(C)[nH]3)cc2)cc(C)n1. The predicted molar refractivity (Wildman–Crippen MR) is 98.3 cm³/mol. The van der Waals surface area contributed by atoms with Gasteiger partial charge in [0, 0.05) is 35.9 Å². The molecule has 2 aromatic heterocycles. The Hall–Kier alpha value is -2.95. The molecule has 1 N–H and O–H groups in total. The van der Waals surface area contributed by atoms with Gasteiger partial charge in [0.15, 0.2) is 0 Å². The zero-order valence-electron chi connectivity index (χ0n) is 15.0. The van der Waals surface area contributed by atoms with Gasteiger partial charge in [0.2, 0.25) is 0 Å². The van der Waals surface area contributed by atoms with Gasteiger partial charge >= 0.3 is 0 Å². The van der Waals surface area contributed by atoms with Gasteiger partial charge in [-0.2, -0.15) is 0 Å². The van der Waals surface area contributed by atoms with E-state index in [0.717, 1.165) is 34.0 Å². The third kappa shape index (κ3) is 3.94. The van der Waals surface area contributed by atoms with Gasteiger partial charge in [-0.15, -0.1) is 0 Å². The fourth-order valence-electron chi connectivity index (χ4n) is 2.87. The van der Waals surface area contributed by atoms with Crippen molar-refractivity contribution in [3.05, 3.63) is 71.1 Å². The van der Waals surface area contributed by atoms with E-state index in [2.05, 4.69) is 27.1 Å². The number of aryl methyl sites for hydroxylation is 3. The van der Waals surface area contributed by atoms with Crippen molar-refractivity contribution in [3.63, 3.8) is 0 Å². The van der Waals surface area contributed by atoms with Gasteiger partial charge in [-0.25, -0.2) is 4.98 Å². The second-order valence-electron chi connectivity index (χ2n) is 6.39. The highest BCUT2D eigenvalue weighted by Gasteiger charge is 2.13. The largest absolute Gasteiger partial charge is 0.345 e. The average molecular weight is 334 g/mol. The summed E-state index contributed by atoms with van der Waals surface area (Å²) >= 11 is 0. The van der Waals surface area contributed by atoms with Crippen LogP contribution in [0.5, 0.6) is 0 Å². The maximum absolute atomic E-state index is 12.6. The molecule has 0 bridgehead atoms. The van der Waals surface area contributed by atoms with Crippen LogP contribution in [0.3, 0.4) is 0 Å². The molecule has 3 rings (SSSR count). The van der Waals surface area contributed by atoms with E-state index in [0.29, 0.717) is 12.1 Å². The van der Waals surface area contributed by atoms with Crippen LogP contribution in [0.25, 0.3) is 11.1 Å². The lowest BCUT2D eigenvalue weighted by atomic mass is 10.0. The first-order chi connectivity index (χ1) is 11.9. The molecule has 0 fully saturated rings. The summed E-state index contributed by atoms with van der Waals surface area (Å²) in [6.45, 7) is 6.37. The van der Waals surface area contributed by atoms with Crippen molar-refractivity contribution in [2.75, 3.05) is 7.05 Å². The molecule has 25 heavy (non-hydrogen) atoms. The lowest BCUT2D eigenvalue weighted by molar-refractivity contribution is 0.0782. The quantitative estimate of drug-likeness (QED) is 0.792. The molecule has 3 aromatic rings. The highest BCUT2D eigenvalue weighted by Crippen LogP contribution is 2.22. The smallest absolute Gasteiger partial charge is 0.254 e. The topological polar surface area (TPSA) is 61.9 Å². The molecule has 0 unspecified atom stereocenters. The Balaban J connectivity index is 1.76. The lowest BCUT2D eigenvalue weighted by Gasteiger charge is -2.16. The molecule has 1 aromatic carbocycles. The molecule has 0 saturated carbocycles. The fourth-order valence-corrected chi connectivity index (χ4v) is 2.87. The van der Waals surface area contributed by atoms with Gasteiger partial charge in [-0.1, -0.05) is 12.1 Å². The monoisotopic (exact) mass is 334 g/mol. The van der Waals surface area contributed by atoms with Crippen molar-refractivity contribution >= 4 is 5.91 Å². The first kappa shape index (κ1) is 16.9. The van der Waals surface area contributed by atoms with Crippen LogP contribution in [0, 0.1) is 20.8 Å². The molecule has 2 heterocycles. The van der Waals surface area contributed by atoms with Gasteiger partial charge in [0.05, 0.1) is 6.54 Å². The number of aromatic amines is 1. The highest BCUT2D eigenvalue weighted by molar-refractivity contribution is 5.94. The minimum Gasteiger partial charge on any atom is -0.345 e. The van der Waals surface area contributed by atoms with Crippen molar-refractivity contribution in [1.29, 1.82) is 0 Å². The molecule has 128 valence electrons. The first-order valence-corrected chi connectivity index (χ1v) is 8.24. The van der Waals surface area contributed by atoms with Crippen LogP contribution in [0.2, 0.25) is 0 Å². The van der Waals surface area contributed by atoms with E-state index in [9.17, 15) is 4.79 Å². The van der Waals surface area contributed by atoms with E-state index < -0.39 is 0 Å². The van der Waals surface area contributed by atoms with Gasteiger partial charge in [0.25, 0.3) is 5.91 Å². The average Bonchev–Trinajstić information content (AvgIpc) is 2.98. The lowest BCUT2D eigenvalue weighted by Crippen LogP contribution is -2.26. The van der Waals surface area contributed by atoms with Gasteiger partial charge in [-0.3, -0.25) is 9.78 Å². The Morgan fingerprint density at radius 2 is 1.68 bits per heavy atom. The second-order valence-corrected chi connectivity index (χ2v) is 6.39. The minimum absolute atomic E-state index is 0.0253. The van der Waals surface area contributed by atoms with Gasteiger partial charge in [-0.05, 0) is 56.2 Å². The van der Waals surface area contributed by atoms with E-state index >= 15 is 0 Å². The fraction of sp³-hybridized carbons (Fsp3) is 0.250. The number of nitrogens with one attached hydrogen (secondary N) is 1. The first-order valence-electron chi connectivity index (χ1n) is 8.24. The maximum atomic E-state index is 12.6. The van der Waals surface area contributed by atoms with Crippen LogP contribution in [-0.4, -0.2) is 32.8 Å². The number of amides is 1. The molecule has 0 saturated heterocycles. The Kier molecular flexibility index (Phi) is 4.65. The van der Waals surface area contributed by atoms with Crippen molar-refractivity contribution in [2.24, 2.45) is 0 Å². The van der Waals surface area contributed by atoms with Crippen LogP contribution in [-0.2, 0) is 6.54 Å². The number of aromatic nitrogens is 3. The summed E-state index contributed by atoms with van der Waals surface area (Å²) < 4.78 is 0. The third-order valence-corrected chi connectivity index (χ3v) is 4.04. The zero-order chi connectivity index (χ0) is 18.0. The Bertz CT molecular complexity index is 876. The Morgan fingerprint density at radius 3 is 2.24 bits per heavy atom. The molecule has 0 atom stereocenters. The summed E-state index contributed by atoms with van der Waals surface area (Å²) in [6.07, 6.45) is 1.77. The number of imidazole rings is 1. The molecule has 0 aliphatic carbocycles. The Labute approximate surface area is 147 Å². The summed E-state index contributed by atoms with van der Waals surface area (Å²) in [4.78, 5) is 26.0. The summed E-state index contributed by atoms with van der Waals surface area (Å²) in [5.74, 6) is 0.760. The number of hydrogen-bond donors (Lipinski definition) is 1. The molecular weight excluding hydrogens is 312 g/mol. The molecule has 0 aliphatic rings. The van der Waals surface area contributed by atoms with Crippen LogP contribution < -0.4 is 0 Å². The third-order valence-electron chi connectivity index (χ3n) is 4.04. The van der Waals surface area contributed by atoms with Gasteiger partial charge in [0.1, 0.15) is 5.82 Å². The standard InChI is InChI=1S/C20H22N4O/c1-13-9-18(10-14(2)22-13)16-5-7-17(8-6-16)20(25)24(4)12-19-21-11-15(3)23-19/h5-11H,12H2,1-4H3,(H,21,23). The number of carbonyl (C=O) groups is 1. The molecule has 0 spiro atoms. The highest BCUT2D eigenvalue weighted by atomic mass is 16.2. The van der Waals surface area contributed by atoms with Crippen LogP contribution in [0.15, 0.2) is 42.6 Å². The van der Waals surface area contributed by atoms with Crippen molar-refractivity contribution < 1.29 is 4.79 Å². The van der Waals surface area contributed by atoms with Crippen LogP contribution >= 0.6 is 0 Å². The molecule has 0 aliphatic heterocycles. The molecule has 5 nitrogen and oxygen atoms in total. The summed E-state index contributed by atoms with van der Waals surface area (Å²) in [5.41, 5.74) is 5.82. The predicted octanol–water partition coefficient (Wildman–Crippen LogP) is 3.67. The number of nitrogens with zero attached hydrogens (tertiary/aromatic N) is 3. The molecular formula is C20H22N4O. The van der Waals surface area contributed by atoms with Crippen molar-refractivity contribution in [3.8, 4) is 11.1 Å². The maximum Gasteiger partial charge on any atom is 0.254 e. The summed E-state index contributed by atoms with van der Waals surface area (Å²) in [6, 6.07) is 11.8. The Morgan fingerprint density at radius 1 is 1.04 bits per heavy atom. The summed E-state index contributed by atoms with van der Waals surface area (Å²) in [7, 11) is 1.78. The summed E-state index contributed by atoms with van der Waals surface area (Å²) in [5, 5.41) is 0. The zero-order valence-corrected chi connectivity index (χ0v) is 15.0. The number of benzene rings is 1. The minimum atomic E-state index is -0.0253. The van der Waals surface area contributed by atoms with E-state index in [1.165, 1.54) is 0 Å². The van der Waals surface area contributed by atoms with Crippen molar-refractivity contribution in [1.82, 2.24) is 19.9 Å². The molecule has 0 radical (unpaired) electrons. The van der Waals surface area contributed by atoms with E-state index in [1.807, 2.05) is 45.0 Å². The number of H-pyrrole nitrogens is 1. The van der Waals surface area contributed by atoms with E-state index in [4.69, 9.17) is 0 Å². The molecule has 1 amide bonds. The second kappa shape index (κ2) is 6.89. The van der Waals surface area contributed by atoms with Crippen molar-refractivity contribution in [2.45, 2.75) is 27.3 Å². The van der Waals surface area contributed by atoms with E-state index in [1.54, 1.807) is 18.1 Å². The number of hydrogen-bond acceptors (Lipinski definition) is 3. The van der Waals surface area contributed by atoms with Crippen LogP contribution in [0.1, 0.15) is 33.3 Å². The number of carbonyl (C=O) groups excluding carboxylic acids is 1. The number of pyridine rings is 1. The van der Waals surface area contributed by atoms with Gasteiger partial charge < -0.3 is 9.88 Å². The normalized spacial score (nSPS) is 10.7. The number of rotatable bonds is 4.